The van der Waals surface area contributed by atoms with Crippen LogP contribution in [0.15, 0.2) is 60.7 Å². The molecule has 0 aliphatic carbocycles. The second kappa shape index (κ2) is 6.95. The van der Waals surface area contributed by atoms with Gasteiger partial charge in [-0.05, 0) is 24.3 Å². The molecule has 24 heavy (non-hydrogen) atoms. The number of rotatable bonds is 4. The van der Waals surface area contributed by atoms with Crippen LogP contribution in [0, 0.1) is 0 Å². The Kier molecular flexibility index (Phi) is 4.56. The van der Waals surface area contributed by atoms with Crippen molar-refractivity contribution in [1.82, 2.24) is 10.2 Å². The van der Waals surface area contributed by atoms with E-state index in [2.05, 4.69) is 5.32 Å². The fourth-order valence-corrected chi connectivity index (χ4v) is 2.51. The average Bonchev–Trinajstić information content (AvgIpc) is 3.02. The molecule has 0 unspecified atom stereocenters. The number of hydrogen-bond acceptors (Lipinski definition) is 3. The molecule has 122 valence electrons. The van der Waals surface area contributed by atoms with E-state index in [0.717, 1.165) is 5.69 Å². The lowest BCUT2D eigenvalue weighted by Crippen LogP contribution is -2.39. The summed E-state index contributed by atoms with van der Waals surface area (Å²) in [5.74, 6) is -0.732. The van der Waals surface area contributed by atoms with E-state index >= 15 is 0 Å². The quantitative estimate of drug-likeness (QED) is 0.920. The van der Waals surface area contributed by atoms with Crippen molar-refractivity contribution in [3.05, 3.63) is 66.2 Å². The molecule has 3 rings (SSSR count). The summed E-state index contributed by atoms with van der Waals surface area (Å²) >= 11 is 0. The van der Waals surface area contributed by atoms with E-state index in [1.165, 1.54) is 4.90 Å². The van der Waals surface area contributed by atoms with Crippen LogP contribution in [0.5, 0.6) is 0 Å². The van der Waals surface area contributed by atoms with Gasteiger partial charge in [0.05, 0.1) is 6.54 Å². The maximum atomic E-state index is 12.2. The molecule has 1 aliphatic rings. The predicted molar refractivity (Wildman–Crippen MR) is 89.3 cm³/mol. The van der Waals surface area contributed by atoms with Crippen molar-refractivity contribution >= 4 is 23.4 Å². The Labute approximate surface area is 139 Å². The van der Waals surface area contributed by atoms with Gasteiger partial charge in [0.25, 0.3) is 5.91 Å². The molecule has 1 fully saturated rings. The Bertz CT molecular complexity index is 747. The molecule has 1 aliphatic heterocycles. The molecule has 1 saturated heterocycles. The van der Waals surface area contributed by atoms with Gasteiger partial charge < -0.3 is 10.2 Å². The van der Waals surface area contributed by atoms with E-state index < -0.39 is 0 Å². The first-order valence-corrected chi connectivity index (χ1v) is 7.61. The Balaban J connectivity index is 1.57. The highest BCUT2D eigenvalue weighted by molar-refractivity contribution is 6.01. The summed E-state index contributed by atoms with van der Waals surface area (Å²) in [6.45, 7) is 0.0848. The number of benzene rings is 2. The number of nitrogens with one attached hydrogen (secondary N) is 1. The van der Waals surface area contributed by atoms with Gasteiger partial charge in [0, 0.05) is 11.3 Å². The summed E-state index contributed by atoms with van der Waals surface area (Å²) in [6.07, 6.45) is 0. The van der Waals surface area contributed by atoms with E-state index in [9.17, 15) is 14.4 Å². The van der Waals surface area contributed by atoms with Crippen molar-refractivity contribution in [2.75, 3.05) is 24.7 Å². The van der Waals surface area contributed by atoms with Crippen LogP contribution in [0.25, 0.3) is 0 Å². The minimum absolute atomic E-state index is 0.0228. The highest BCUT2D eigenvalue weighted by Gasteiger charge is 2.31. The maximum absolute atomic E-state index is 12.2. The second-order valence-electron chi connectivity index (χ2n) is 5.44. The lowest BCUT2D eigenvalue weighted by Gasteiger charge is -2.18. The van der Waals surface area contributed by atoms with Crippen molar-refractivity contribution in [2.45, 2.75) is 0 Å². The number of hydrogen-bond donors (Lipinski definition) is 1. The van der Waals surface area contributed by atoms with Crippen LogP contribution in [0.4, 0.5) is 5.69 Å². The zero-order valence-corrected chi connectivity index (χ0v) is 13.0. The van der Waals surface area contributed by atoms with E-state index in [1.54, 1.807) is 29.2 Å². The second-order valence-corrected chi connectivity index (χ2v) is 5.44. The zero-order chi connectivity index (χ0) is 16.9. The van der Waals surface area contributed by atoms with Crippen LogP contribution in [0.3, 0.4) is 0 Å². The third-order valence-corrected chi connectivity index (χ3v) is 3.80. The summed E-state index contributed by atoms with van der Waals surface area (Å²) in [6, 6.07) is 17.9. The molecule has 0 spiro atoms. The number of carbonyl (C=O) groups is 3. The topological polar surface area (TPSA) is 69.7 Å². The number of amides is 3. The van der Waals surface area contributed by atoms with Crippen LogP contribution < -0.4 is 10.2 Å². The van der Waals surface area contributed by atoms with E-state index in [1.807, 2.05) is 36.4 Å². The van der Waals surface area contributed by atoms with Crippen molar-refractivity contribution in [2.24, 2.45) is 0 Å². The van der Waals surface area contributed by atoms with Gasteiger partial charge in [-0.2, -0.15) is 0 Å². The number of nitrogens with zero attached hydrogens (tertiary/aromatic N) is 2. The largest absolute Gasteiger partial charge is 0.343 e. The van der Waals surface area contributed by atoms with Gasteiger partial charge in [0.1, 0.15) is 13.2 Å². The lowest BCUT2D eigenvalue weighted by atomic mass is 10.2. The smallest absolute Gasteiger partial charge is 0.251 e. The lowest BCUT2D eigenvalue weighted by molar-refractivity contribution is -0.130. The first kappa shape index (κ1) is 15.7. The van der Waals surface area contributed by atoms with Crippen molar-refractivity contribution in [3.8, 4) is 0 Å². The predicted octanol–water partition coefficient (Wildman–Crippen LogP) is 1.25. The maximum Gasteiger partial charge on any atom is 0.251 e. The van der Waals surface area contributed by atoms with E-state index in [4.69, 9.17) is 0 Å². The molecule has 0 bridgehead atoms. The zero-order valence-electron chi connectivity index (χ0n) is 13.0. The molecular weight excluding hydrogens is 306 g/mol. The molecule has 0 aromatic heterocycles. The molecule has 0 radical (unpaired) electrons. The van der Waals surface area contributed by atoms with Crippen molar-refractivity contribution < 1.29 is 14.4 Å². The fraction of sp³-hybridized carbons (Fsp3) is 0.167. The number of anilines is 1. The minimum Gasteiger partial charge on any atom is -0.343 e. The molecule has 3 amide bonds. The molecule has 6 heteroatoms. The van der Waals surface area contributed by atoms with Gasteiger partial charge in [-0.25, -0.2) is 0 Å². The fourth-order valence-electron chi connectivity index (χ4n) is 2.51. The molecule has 1 heterocycles. The molecule has 0 atom stereocenters. The first-order valence-electron chi connectivity index (χ1n) is 7.61. The van der Waals surface area contributed by atoms with Crippen LogP contribution in [0.1, 0.15) is 10.4 Å². The minimum atomic E-state index is -0.311. The van der Waals surface area contributed by atoms with Gasteiger partial charge in [-0.1, -0.05) is 36.4 Å². The van der Waals surface area contributed by atoms with E-state index in [0.29, 0.717) is 5.56 Å². The van der Waals surface area contributed by atoms with Gasteiger partial charge in [-0.3, -0.25) is 19.3 Å². The van der Waals surface area contributed by atoms with Crippen molar-refractivity contribution in [3.63, 3.8) is 0 Å². The average molecular weight is 323 g/mol. The monoisotopic (exact) mass is 323 g/mol. The highest BCUT2D eigenvalue weighted by Crippen LogP contribution is 2.18. The molecule has 2 aromatic carbocycles. The van der Waals surface area contributed by atoms with Gasteiger partial charge in [0.15, 0.2) is 0 Å². The first-order chi connectivity index (χ1) is 11.6. The Hall–Kier alpha value is -3.15. The van der Waals surface area contributed by atoms with Crippen LogP contribution in [-0.2, 0) is 9.59 Å². The summed E-state index contributed by atoms with van der Waals surface area (Å²) in [7, 11) is 0. The van der Waals surface area contributed by atoms with Gasteiger partial charge in [-0.15, -0.1) is 0 Å². The summed E-state index contributed by atoms with van der Waals surface area (Å²) in [4.78, 5) is 39.3. The number of carbonyl (C=O) groups excluding carboxylic acids is 3. The van der Waals surface area contributed by atoms with Crippen LogP contribution >= 0.6 is 0 Å². The van der Waals surface area contributed by atoms with Crippen LogP contribution in [0.2, 0.25) is 0 Å². The highest BCUT2D eigenvalue weighted by atomic mass is 16.2. The van der Waals surface area contributed by atoms with E-state index in [-0.39, 0.29) is 37.5 Å². The Morgan fingerprint density at radius 1 is 0.958 bits per heavy atom. The summed E-state index contributed by atoms with van der Waals surface area (Å²) in [5.41, 5.74) is 1.25. The van der Waals surface area contributed by atoms with Crippen LogP contribution in [-0.4, -0.2) is 42.4 Å². The molecular formula is C18H17N3O3. The summed E-state index contributed by atoms with van der Waals surface area (Å²) < 4.78 is 0. The Morgan fingerprint density at radius 2 is 1.58 bits per heavy atom. The van der Waals surface area contributed by atoms with Gasteiger partial charge in [0.2, 0.25) is 11.8 Å². The third kappa shape index (κ3) is 3.43. The molecule has 0 saturated carbocycles. The summed E-state index contributed by atoms with van der Waals surface area (Å²) in [5, 5.41) is 2.59. The SMILES string of the molecule is O=C(NCC(=O)N1CC(=O)N(c2ccccc2)C1)c1ccccc1. The standard InChI is InChI=1S/C18H17N3O3/c22-16(11-19-18(24)14-7-3-1-4-8-14)20-12-17(23)21(13-20)15-9-5-2-6-10-15/h1-10H,11-13H2,(H,19,24). The van der Waals surface area contributed by atoms with Crippen molar-refractivity contribution in [1.29, 1.82) is 0 Å². The number of para-hydroxylation sites is 1. The Morgan fingerprint density at radius 3 is 2.25 bits per heavy atom. The normalized spacial score (nSPS) is 13.9. The third-order valence-electron chi connectivity index (χ3n) is 3.80. The van der Waals surface area contributed by atoms with Gasteiger partial charge >= 0.3 is 0 Å². The molecule has 6 nitrogen and oxygen atoms in total. The molecule has 2 aromatic rings. The molecule has 1 N–H and O–H groups in total.